The Labute approximate surface area is 76.3 Å². The predicted molar refractivity (Wildman–Crippen MR) is 51.1 cm³/mol. The van der Waals surface area contributed by atoms with Gasteiger partial charge in [-0.05, 0) is 41.0 Å². The van der Waals surface area contributed by atoms with Crippen molar-refractivity contribution in [3.8, 4) is 0 Å². The van der Waals surface area contributed by atoms with Gasteiger partial charge < -0.3 is 9.47 Å². The van der Waals surface area contributed by atoms with Crippen LogP contribution in [0, 0.1) is 6.92 Å². The molecule has 0 aromatic heterocycles. The second-order valence-corrected chi connectivity index (χ2v) is 3.52. The Kier molecular flexibility index (Phi) is 6.39. The number of hydrogen-bond donors (Lipinski definition) is 0. The molecule has 0 aromatic carbocycles. The maximum Gasteiger partial charge on any atom is 0.0601 e. The Morgan fingerprint density at radius 2 is 1.67 bits per heavy atom. The average Bonchev–Trinajstić information content (AvgIpc) is 1.84. The van der Waals surface area contributed by atoms with E-state index in [0.717, 1.165) is 13.0 Å². The van der Waals surface area contributed by atoms with Crippen molar-refractivity contribution in [2.75, 3.05) is 6.61 Å². The van der Waals surface area contributed by atoms with Gasteiger partial charge in [-0.15, -0.1) is 0 Å². The molecule has 0 heterocycles. The molecule has 0 amide bonds. The van der Waals surface area contributed by atoms with Crippen molar-refractivity contribution in [3.05, 3.63) is 6.92 Å². The van der Waals surface area contributed by atoms with Gasteiger partial charge in [0.2, 0.25) is 0 Å². The van der Waals surface area contributed by atoms with Crippen molar-refractivity contribution in [3.63, 3.8) is 0 Å². The van der Waals surface area contributed by atoms with E-state index in [1.54, 1.807) is 0 Å². The molecule has 0 aliphatic rings. The zero-order valence-corrected chi connectivity index (χ0v) is 8.67. The van der Waals surface area contributed by atoms with Gasteiger partial charge in [0.05, 0.1) is 18.3 Å². The van der Waals surface area contributed by atoms with E-state index < -0.39 is 0 Å². The summed E-state index contributed by atoms with van der Waals surface area (Å²) >= 11 is 0. The van der Waals surface area contributed by atoms with Crippen LogP contribution in [-0.2, 0) is 9.47 Å². The topological polar surface area (TPSA) is 18.5 Å². The third kappa shape index (κ3) is 8.02. The molecule has 12 heavy (non-hydrogen) atoms. The highest BCUT2D eigenvalue weighted by atomic mass is 16.5. The normalized spacial score (nSPS) is 14.2. The highest BCUT2D eigenvalue weighted by Crippen LogP contribution is 2.02. The van der Waals surface area contributed by atoms with Crippen LogP contribution in [0.25, 0.3) is 0 Å². The smallest absolute Gasteiger partial charge is 0.0601 e. The molecule has 73 valence electrons. The molecule has 0 rings (SSSR count). The van der Waals surface area contributed by atoms with Crippen LogP contribution in [-0.4, -0.2) is 24.9 Å². The summed E-state index contributed by atoms with van der Waals surface area (Å²) in [5.41, 5.74) is 0. The van der Waals surface area contributed by atoms with Crippen molar-refractivity contribution in [2.45, 2.75) is 52.4 Å². The fourth-order valence-electron chi connectivity index (χ4n) is 0.888. The lowest BCUT2D eigenvalue weighted by Gasteiger charge is -2.16. The van der Waals surface area contributed by atoms with E-state index >= 15 is 0 Å². The molecule has 1 unspecified atom stereocenters. The summed E-state index contributed by atoms with van der Waals surface area (Å²) in [6, 6.07) is 0. The summed E-state index contributed by atoms with van der Waals surface area (Å²) in [6.45, 7) is 12.7. The quantitative estimate of drug-likeness (QED) is 0.614. The van der Waals surface area contributed by atoms with Crippen LogP contribution >= 0.6 is 0 Å². The van der Waals surface area contributed by atoms with E-state index in [1.165, 1.54) is 0 Å². The van der Waals surface area contributed by atoms with Gasteiger partial charge in [0, 0.05) is 6.61 Å². The lowest BCUT2D eigenvalue weighted by molar-refractivity contribution is 0.000101. The van der Waals surface area contributed by atoms with E-state index in [0.29, 0.717) is 6.10 Å². The van der Waals surface area contributed by atoms with Crippen molar-refractivity contribution >= 4 is 0 Å². The summed E-state index contributed by atoms with van der Waals surface area (Å²) < 4.78 is 10.8. The summed E-state index contributed by atoms with van der Waals surface area (Å²) in [7, 11) is 0. The molecule has 1 atom stereocenters. The third-order valence-corrected chi connectivity index (χ3v) is 1.36. The van der Waals surface area contributed by atoms with Crippen molar-refractivity contribution in [1.82, 2.24) is 0 Å². The molecular weight excluding hydrogens is 152 g/mol. The monoisotopic (exact) mass is 173 g/mol. The summed E-state index contributed by atoms with van der Waals surface area (Å²) in [5.74, 6) is 0. The minimum atomic E-state index is 0.0590. The molecule has 0 fully saturated rings. The van der Waals surface area contributed by atoms with Crippen LogP contribution < -0.4 is 0 Å². The van der Waals surface area contributed by atoms with Crippen LogP contribution in [0.1, 0.15) is 34.1 Å². The second kappa shape index (κ2) is 6.44. The Morgan fingerprint density at radius 3 is 2.08 bits per heavy atom. The minimum Gasteiger partial charge on any atom is -0.379 e. The van der Waals surface area contributed by atoms with Crippen LogP contribution in [0.4, 0.5) is 0 Å². The largest absolute Gasteiger partial charge is 0.379 e. The summed E-state index contributed by atoms with van der Waals surface area (Å²) in [4.78, 5) is 0. The minimum absolute atomic E-state index is 0.0590. The van der Waals surface area contributed by atoms with Gasteiger partial charge in [0.25, 0.3) is 0 Å². The van der Waals surface area contributed by atoms with Gasteiger partial charge >= 0.3 is 0 Å². The molecular formula is C10H21O2. The van der Waals surface area contributed by atoms with Crippen LogP contribution in [0.3, 0.4) is 0 Å². The molecule has 0 N–H and O–H groups in total. The molecule has 0 saturated heterocycles. The van der Waals surface area contributed by atoms with Gasteiger partial charge in [0.15, 0.2) is 0 Å². The molecule has 0 spiro atoms. The van der Waals surface area contributed by atoms with Crippen molar-refractivity contribution < 1.29 is 9.47 Å². The Balaban J connectivity index is 3.25. The zero-order valence-electron chi connectivity index (χ0n) is 8.67. The molecule has 0 aliphatic carbocycles. The summed E-state index contributed by atoms with van der Waals surface area (Å²) in [5, 5.41) is 0. The maximum absolute atomic E-state index is 5.44. The molecule has 0 aromatic rings. The van der Waals surface area contributed by atoms with Gasteiger partial charge in [-0.25, -0.2) is 0 Å². The Hall–Kier alpha value is -0.0800. The van der Waals surface area contributed by atoms with Crippen molar-refractivity contribution in [1.29, 1.82) is 0 Å². The molecule has 0 saturated carbocycles. The fraction of sp³-hybridized carbons (Fsp3) is 0.900. The molecule has 2 heteroatoms. The Morgan fingerprint density at radius 1 is 1.08 bits per heavy atom. The van der Waals surface area contributed by atoms with E-state index in [1.807, 2.05) is 27.7 Å². The standard InChI is InChI=1S/C10H21O2/c1-8(2)11-7-6-10(5)12-9(3)4/h8-10H,5-7H2,1-4H3. The van der Waals surface area contributed by atoms with E-state index in [-0.39, 0.29) is 12.2 Å². The fourth-order valence-corrected chi connectivity index (χ4v) is 0.888. The Bertz CT molecular complexity index is 100. The summed E-state index contributed by atoms with van der Waals surface area (Å²) in [6.07, 6.45) is 1.49. The third-order valence-electron chi connectivity index (χ3n) is 1.36. The van der Waals surface area contributed by atoms with Gasteiger partial charge in [-0.3, -0.25) is 0 Å². The SMILES string of the molecule is [CH2]C(CCOC(C)C)OC(C)C. The molecule has 0 bridgehead atoms. The van der Waals surface area contributed by atoms with Gasteiger partial charge in [-0.1, -0.05) is 0 Å². The van der Waals surface area contributed by atoms with E-state index in [2.05, 4.69) is 6.92 Å². The number of ether oxygens (including phenoxy) is 2. The highest BCUT2D eigenvalue weighted by Gasteiger charge is 2.04. The average molecular weight is 173 g/mol. The first-order valence-corrected chi connectivity index (χ1v) is 4.62. The van der Waals surface area contributed by atoms with E-state index in [4.69, 9.17) is 9.47 Å². The van der Waals surface area contributed by atoms with E-state index in [9.17, 15) is 0 Å². The first-order chi connectivity index (χ1) is 5.52. The number of hydrogen-bond acceptors (Lipinski definition) is 2. The predicted octanol–water partition coefficient (Wildman–Crippen LogP) is 2.43. The van der Waals surface area contributed by atoms with Crippen molar-refractivity contribution in [2.24, 2.45) is 0 Å². The molecule has 1 radical (unpaired) electrons. The lowest BCUT2D eigenvalue weighted by atomic mass is 10.3. The molecule has 2 nitrogen and oxygen atoms in total. The lowest BCUT2D eigenvalue weighted by Crippen LogP contribution is -2.17. The second-order valence-electron chi connectivity index (χ2n) is 3.52. The highest BCUT2D eigenvalue weighted by molar-refractivity contribution is 4.60. The molecule has 0 aliphatic heterocycles. The van der Waals surface area contributed by atoms with Gasteiger partial charge in [-0.2, -0.15) is 0 Å². The zero-order chi connectivity index (χ0) is 9.56. The number of rotatable bonds is 6. The van der Waals surface area contributed by atoms with Crippen LogP contribution in [0.5, 0.6) is 0 Å². The maximum atomic E-state index is 5.44. The van der Waals surface area contributed by atoms with Crippen LogP contribution in [0.2, 0.25) is 0 Å². The first kappa shape index (κ1) is 11.9. The van der Waals surface area contributed by atoms with Crippen LogP contribution in [0.15, 0.2) is 0 Å². The van der Waals surface area contributed by atoms with Gasteiger partial charge in [0.1, 0.15) is 0 Å². The first-order valence-electron chi connectivity index (χ1n) is 4.62.